The zero-order valence-electron chi connectivity index (χ0n) is 26.1. The molecule has 45 heavy (non-hydrogen) atoms. The van der Waals surface area contributed by atoms with Crippen LogP contribution in [0.15, 0.2) is 91.1 Å². The number of hydrogen-bond donors (Lipinski definition) is 1. The zero-order chi connectivity index (χ0) is 30.8. The summed E-state index contributed by atoms with van der Waals surface area (Å²) in [5.41, 5.74) is 4.38. The van der Waals surface area contributed by atoms with Gasteiger partial charge in [0.15, 0.2) is 0 Å². The average Bonchev–Trinajstić information content (AvgIpc) is 3.77. The third-order valence-corrected chi connectivity index (χ3v) is 9.01. The SMILES string of the molecule is COc1ccccc1N1CCN(Cc2cn([C@@H](Cc3ccccc3)[C@H](Cc3ccccc3)NC(=O)OC3CCCC3)nn2)CC1. The van der Waals surface area contributed by atoms with Crippen molar-refractivity contribution in [2.75, 3.05) is 38.2 Å². The standard InChI is InChI=1S/C36H44N6O3/c1-44-35-19-11-10-18-33(35)41-22-20-40(21-23-41)26-30-27-42(39-38-30)34(25-29-14-6-3-7-15-29)32(24-28-12-4-2-5-13-28)37-36(43)45-31-16-8-9-17-31/h2-7,10-15,18-19,27,31-32,34H,8-9,16-17,20-26H2,1H3,(H,37,43)/t32-,34-/m0/s1. The lowest BCUT2D eigenvalue weighted by Gasteiger charge is -2.36. The Balaban J connectivity index is 1.18. The van der Waals surface area contributed by atoms with Gasteiger partial charge in [0, 0.05) is 32.7 Å². The van der Waals surface area contributed by atoms with Crippen molar-refractivity contribution in [3.63, 3.8) is 0 Å². The normalized spacial score (nSPS) is 17.1. The first-order valence-electron chi connectivity index (χ1n) is 16.2. The van der Waals surface area contributed by atoms with E-state index in [9.17, 15) is 4.79 Å². The fraction of sp³-hybridized carbons (Fsp3) is 0.417. The molecule has 2 atom stereocenters. The van der Waals surface area contributed by atoms with Crippen LogP contribution in [0.3, 0.4) is 0 Å². The van der Waals surface area contributed by atoms with E-state index in [2.05, 4.69) is 80.2 Å². The van der Waals surface area contributed by atoms with Crippen LogP contribution in [0.5, 0.6) is 5.75 Å². The molecule has 0 radical (unpaired) electrons. The van der Waals surface area contributed by atoms with Gasteiger partial charge in [0.2, 0.25) is 0 Å². The number of carbonyl (C=O) groups is 1. The quantitative estimate of drug-likeness (QED) is 0.222. The van der Waals surface area contributed by atoms with Crippen LogP contribution in [0.1, 0.15) is 48.5 Å². The smallest absolute Gasteiger partial charge is 0.407 e. The minimum atomic E-state index is -0.353. The van der Waals surface area contributed by atoms with Gasteiger partial charge < -0.3 is 19.7 Å². The highest BCUT2D eigenvalue weighted by Crippen LogP contribution is 2.29. The predicted octanol–water partition coefficient (Wildman–Crippen LogP) is 5.67. The molecule has 2 fully saturated rings. The van der Waals surface area contributed by atoms with Gasteiger partial charge >= 0.3 is 6.09 Å². The first-order chi connectivity index (χ1) is 22.1. The van der Waals surface area contributed by atoms with E-state index in [0.717, 1.165) is 81.1 Å². The summed E-state index contributed by atoms with van der Waals surface area (Å²) in [5, 5.41) is 12.5. The van der Waals surface area contributed by atoms with Crippen molar-refractivity contribution in [3.8, 4) is 5.75 Å². The molecule has 1 saturated carbocycles. The molecule has 0 bridgehead atoms. The van der Waals surface area contributed by atoms with E-state index in [1.54, 1.807) is 7.11 Å². The lowest BCUT2D eigenvalue weighted by Crippen LogP contribution is -2.46. The number of carbonyl (C=O) groups excluding carboxylic acids is 1. The summed E-state index contributed by atoms with van der Waals surface area (Å²) in [7, 11) is 1.72. The van der Waals surface area contributed by atoms with E-state index in [-0.39, 0.29) is 24.3 Å². The fourth-order valence-electron chi connectivity index (χ4n) is 6.58. The molecular weight excluding hydrogens is 564 g/mol. The number of aromatic nitrogens is 3. The predicted molar refractivity (Wildman–Crippen MR) is 175 cm³/mol. The number of methoxy groups -OCH3 is 1. The van der Waals surface area contributed by atoms with Gasteiger partial charge in [-0.3, -0.25) is 4.90 Å². The molecule has 1 N–H and O–H groups in total. The number of benzene rings is 3. The van der Waals surface area contributed by atoms with E-state index in [4.69, 9.17) is 9.47 Å². The van der Waals surface area contributed by atoms with E-state index < -0.39 is 0 Å². The molecule has 1 saturated heterocycles. The number of hydrogen-bond acceptors (Lipinski definition) is 7. The molecule has 2 heterocycles. The van der Waals surface area contributed by atoms with Crippen LogP contribution in [0.2, 0.25) is 0 Å². The first kappa shape index (κ1) is 30.6. The van der Waals surface area contributed by atoms with Crippen LogP contribution < -0.4 is 15.0 Å². The Morgan fingerprint density at radius 2 is 1.51 bits per heavy atom. The molecule has 3 aromatic carbocycles. The summed E-state index contributed by atoms with van der Waals surface area (Å²) < 4.78 is 13.4. The lowest BCUT2D eigenvalue weighted by molar-refractivity contribution is 0.0946. The molecule has 1 aliphatic carbocycles. The highest BCUT2D eigenvalue weighted by molar-refractivity contribution is 5.68. The molecule has 0 unspecified atom stereocenters. The fourth-order valence-corrected chi connectivity index (χ4v) is 6.58. The van der Waals surface area contributed by atoms with Gasteiger partial charge in [-0.2, -0.15) is 0 Å². The van der Waals surface area contributed by atoms with Crippen molar-refractivity contribution in [3.05, 3.63) is 108 Å². The van der Waals surface area contributed by atoms with Crippen molar-refractivity contribution < 1.29 is 14.3 Å². The molecule has 0 spiro atoms. The van der Waals surface area contributed by atoms with Crippen LogP contribution in [0.25, 0.3) is 0 Å². The zero-order valence-corrected chi connectivity index (χ0v) is 26.1. The second kappa shape index (κ2) is 15.1. The van der Waals surface area contributed by atoms with Gasteiger partial charge in [-0.15, -0.1) is 5.10 Å². The molecule has 1 aliphatic heterocycles. The maximum Gasteiger partial charge on any atom is 0.407 e. The minimum Gasteiger partial charge on any atom is -0.495 e. The Kier molecular flexibility index (Phi) is 10.3. The Bertz CT molecular complexity index is 1480. The van der Waals surface area contributed by atoms with E-state index in [1.807, 2.05) is 41.1 Å². The molecule has 1 amide bonds. The number of piperazine rings is 1. The van der Waals surface area contributed by atoms with Gasteiger partial charge in [0.05, 0.1) is 36.8 Å². The Labute approximate surface area is 266 Å². The minimum absolute atomic E-state index is 0.00336. The summed E-state index contributed by atoms with van der Waals surface area (Å²) in [4.78, 5) is 18.0. The molecule has 2 aliphatic rings. The van der Waals surface area contributed by atoms with Gasteiger partial charge in [-0.1, -0.05) is 78.0 Å². The number of rotatable bonds is 12. The number of ether oxygens (including phenoxy) is 2. The summed E-state index contributed by atoms with van der Waals surface area (Å²) in [6, 6.07) is 28.5. The van der Waals surface area contributed by atoms with Crippen LogP contribution in [0.4, 0.5) is 10.5 Å². The summed E-state index contributed by atoms with van der Waals surface area (Å²) in [5.74, 6) is 0.907. The number of nitrogens with zero attached hydrogens (tertiary/aromatic N) is 5. The molecule has 4 aromatic rings. The summed E-state index contributed by atoms with van der Waals surface area (Å²) in [6.07, 6.45) is 7.14. The number of anilines is 1. The van der Waals surface area contributed by atoms with Crippen molar-refractivity contribution >= 4 is 11.8 Å². The molecular formula is C36H44N6O3. The third-order valence-electron chi connectivity index (χ3n) is 9.01. The second-order valence-corrected chi connectivity index (χ2v) is 12.1. The highest BCUT2D eigenvalue weighted by Gasteiger charge is 2.30. The van der Waals surface area contributed by atoms with Gasteiger partial charge in [0.25, 0.3) is 0 Å². The van der Waals surface area contributed by atoms with E-state index in [1.165, 1.54) is 5.56 Å². The largest absolute Gasteiger partial charge is 0.495 e. The number of nitrogens with one attached hydrogen (secondary N) is 1. The van der Waals surface area contributed by atoms with Crippen LogP contribution in [-0.4, -0.2) is 71.4 Å². The maximum absolute atomic E-state index is 13.2. The van der Waals surface area contributed by atoms with Crippen molar-refractivity contribution in [1.29, 1.82) is 0 Å². The maximum atomic E-state index is 13.2. The summed E-state index contributed by atoms with van der Waals surface area (Å²) in [6.45, 7) is 4.39. The topological polar surface area (TPSA) is 84.8 Å². The number of alkyl carbamates (subject to hydrolysis) is 1. The van der Waals surface area contributed by atoms with Crippen LogP contribution >= 0.6 is 0 Å². The Morgan fingerprint density at radius 3 is 2.20 bits per heavy atom. The van der Waals surface area contributed by atoms with E-state index >= 15 is 0 Å². The van der Waals surface area contributed by atoms with Gasteiger partial charge in [-0.25, -0.2) is 9.48 Å². The van der Waals surface area contributed by atoms with Crippen molar-refractivity contribution in [2.45, 2.75) is 63.3 Å². The second-order valence-electron chi connectivity index (χ2n) is 12.1. The van der Waals surface area contributed by atoms with E-state index in [0.29, 0.717) is 12.8 Å². The molecule has 1 aromatic heterocycles. The molecule has 6 rings (SSSR count). The lowest BCUT2D eigenvalue weighted by atomic mass is 9.94. The number of amides is 1. The monoisotopic (exact) mass is 608 g/mol. The molecule has 236 valence electrons. The van der Waals surface area contributed by atoms with Gasteiger partial charge in [-0.05, 0) is 61.8 Å². The molecule has 9 heteroatoms. The van der Waals surface area contributed by atoms with Crippen LogP contribution in [-0.2, 0) is 24.1 Å². The van der Waals surface area contributed by atoms with Crippen molar-refractivity contribution in [2.24, 2.45) is 0 Å². The third kappa shape index (κ3) is 8.22. The van der Waals surface area contributed by atoms with Gasteiger partial charge in [0.1, 0.15) is 11.9 Å². The highest BCUT2D eigenvalue weighted by atomic mass is 16.6. The summed E-state index contributed by atoms with van der Waals surface area (Å²) >= 11 is 0. The number of para-hydroxylation sites is 2. The van der Waals surface area contributed by atoms with Crippen molar-refractivity contribution in [1.82, 2.24) is 25.2 Å². The Morgan fingerprint density at radius 1 is 0.867 bits per heavy atom. The van der Waals surface area contributed by atoms with Crippen LogP contribution in [0, 0.1) is 0 Å². The average molecular weight is 609 g/mol. The molecule has 9 nitrogen and oxygen atoms in total. The first-order valence-corrected chi connectivity index (χ1v) is 16.2. The Hall–Kier alpha value is -4.37.